The average molecular weight is 419 g/mol. The van der Waals surface area contributed by atoms with Crippen LogP contribution in [0.3, 0.4) is 0 Å². The van der Waals surface area contributed by atoms with Crippen molar-refractivity contribution in [3.8, 4) is 11.3 Å². The summed E-state index contributed by atoms with van der Waals surface area (Å²) in [5.74, 6) is -3.29. The topological polar surface area (TPSA) is 107 Å². The minimum Gasteiger partial charge on any atom is -0.618 e. The van der Waals surface area contributed by atoms with Gasteiger partial charge in [0, 0.05) is 34.9 Å². The number of anilines is 1. The summed E-state index contributed by atoms with van der Waals surface area (Å²) >= 11 is 0. The quantitative estimate of drug-likeness (QED) is 0.279. The Hall–Kier alpha value is -3.81. The van der Waals surface area contributed by atoms with Crippen molar-refractivity contribution in [3.05, 3.63) is 71.9 Å². The minimum absolute atomic E-state index is 0.157. The van der Waals surface area contributed by atoms with E-state index in [1.807, 2.05) is 0 Å². The van der Waals surface area contributed by atoms with Gasteiger partial charge in [-0.25, -0.2) is 0 Å². The third-order valence-corrected chi connectivity index (χ3v) is 5.36. The largest absolute Gasteiger partial charge is 0.618 e. The Balaban J connectivity index is 1.83. The number of carbonyl (C=O) groups is 3. The molecular weight excluding hydrogens is 398 g/mol. The molecule has 0 spiro atoms. The lowest BCUT2D eigenvalue weighted by atomic mass is 9.78. The molecule has 3 heterocycles. The van der Waals surface area contributed by atoms with Crippen molar-refractivity contribution < 1.29 is 23.6 Å². The smallest absolute Gasteiger partial charge is 0.296 e. The number of hydrogen-bond donors (Lipinski definition) is 0. The second kappa shape index (κ2) is 7.46. The monoisotopic (exact) mass is 419 g/mol. The maximum Gasteiger partial charge on any atom is 0.296 e. The third-order valence-electron chi connectivity index (χ3n) is 5.36. The second-order valence-electron chi connectivity index (χ2n) is 8.46. The number of amides is 1. The van der Waals surface area contributed by atoms with Crippen LogP contribution < -0.4 is 9.63 Å². The predicted octanol–water partition coefficient (Wildman–Crippen LogP) is 2.86. The van der Waals surface area contributed by atoms with E-state index in [0.717, 1.165) is 5.56 Å². The van der Waals surface area contributed by atoms with E-state index in [1.165, 1.54) is 23.4 Å². The van der Waals surface area contributed by atoms with Crippen molar-refractivity contribution in [3.63, 3.8) is 0 Å². The Labute approximate surface area is 178 Å². The average Bonchev–Trinajstić information content (AvgIpc) is 3.35. The fraction of sp³-hybridized carbons (Fsp3) is 0.261. The number of carbonyl (C=O) groups excluding carboxylic acids is 3. The Morgan fingerprint density at radius 3 is 2.39 bits per heavy atom. The van der Waals surface area contributed by atoms with E-state index < -0.39 is 29.1 Å². The molecule has 1 saturated heterocycles. The van der Waals surface area contributed by atoms with Crippen LogP contribution in [0.4, 0.5) is 5.69 Å². The fourth-order valence-corrected chi connectivity index (χ4v) is 3.81. The zero-order valence-electron chi connectivity index (χ0n) is 17.3. The van der Waals surface area contributed by atoms with Gasteiger partial charge in [0.15, 0.2) is 12.0 Å². The van der Waals surface area contributed by atoms with Gasteiger partial charge < -0.3 is 9.73 Å². The highest BCUT2D eigenvalue weighted by molar-refractivity contribution is 6.48. The van der Waals surface area contributed by atoms with Gasteiger partial charge in [-0.3, -0.25) is 19.3 Å². The van der Waals surface area contributed by atoms with Crippen LogP contribution >= 0.6 is 0 Å². The Morgan fingerprint density at radius 2 is 1.81 bits per heavy atom. The van der Waals surface area contributed by atoms with Gasteiger partial charge in [0.05, 0.1) is 0 Å². The lowest BCUT2D eigenvalue weighted by Crippen LogP contribution is -2.42. The maximum absolute atomic E-state index is 13.2. The molecule has 0 bridgehead atoms. The molecule has 2 unspecified atom stereocenters. The van der Waals surface area contributed by atoms with E-state index in [0.29, 0.717) is 16.1 Å². The lowest BCUT2D eigenvalue weighted by Gasteiger charge is -2.28. The molecule has 8 nitrogen and oxygen atoms in total. The van der Waals surface area contributed by atoms with Gasteiger partial charge in [0.25, 0.3) is 5.91 Å². The summed E-state index contributed by atoms with van der Waals surface area (Å²) in [7, 11) is 0. The first-order chi connectivity index (χ1) is 14.7. The third kappa shape index (κ3) is 3.50. The molecule has 1 aromatic carbocycles. The first-order valence-electron chi connectivity index (χ1n) is 9.81. The van der Waals surface area contributed by atoms with Gasteiger partial charge in [-0.2, -0.15) is 4.73 Å². The summed E-state index contributed by atoms with van der Waals surface area (Å²) in [5, 5.41) is 16.4. The van der Waals surface area contributed by atoms with Gasteiger partial charge in [-0.05, 0) is 18.2 Å². The summed E-state index contributed by atoms with van der Waals surface area (Å²) in [6.45, 7) is 5.07. The Kier molecular flexibility index (Phi) is 4.93. The van der Waals surface area contributed by atoms with E-state index >= 15 is 0 Å². The van der Waals surface area contributed by atoms with Crippen molar-refractivity contribution >= 4 is 23.2 Å². The van der Waals surface area contributed by atoms with Crippen LogP contribution in [-0.4, -0.2) is 22.6 Å². The molecule has 1 fully saturated rings. The van der Waals surface area contributed by atoms with E-state index in [1.54, 1.807) is 63.2 Å². The number of benzene rings is 1. The number of ketones is 2. The molecule has 2 aromatic heterocycles. The highest BCUT2D eigenvalue weighted by atomic mass is 16.5. The van der Waals surface area contributed by atoms with Gasteiger partial charge in [0.2, 0.25) is 11.5 Å². The Bertz CT molecular complexity index is 1150. The predicted molar refractivity (Wildman–Crippen MR) is 111 cm³/mol. The number of pyridine rings is 1. The van der Waals surface area contributed by atoms with Crippen molar-refractivity contribution in [1.82, 2.24) is 5.16 Å². The molecule has 0 N–H and O–H groups in total. The van der Waals surface area contributed by atoms with Crippen molar-refractivity contribution in [2.24, 2.45) is 11.3 Å². The van der Waals surface area contributed by atoms with Crippen LogP contribution in [0.1, 0.15) is 32.5 Å². The number of aromatic nitrogens is 2. The molecule has 1 aliphatic heterocycles. The van der Waals surface area contributed by atoms with Crippen LogP contribution in [-0.2, 0) is 14.4 Å². The minimum atomic E-state index is -1.27. The molecule has 31 heavy (non-hydrogen) atoms. The van der Waals surface area contributed by atoms with Gasteiger partial charge >= 0.3 is 0 Å². The van der Waals surface area contributed by atoms with Crippen LogP contribution in [0.5, 0.6) is 0 Å². The summed E-state index contributed by atoms with van der Waals surface area (Å²) in [4.78, 5) is 40.4. The zero-order valence-corrected chi connectivity index (χ0v) is 17.3. The zero-order chi connectivity index (χ0) is 22.3. The number of Topliss-reactive ketones (excluding diaryl/α,β-unsaturated/α-hetero) is 2. The highest BCUT2D eigenvalue weighted by Crippen LogP contribution is 2.42. The molecule has 1 aliphatic rings. The summed E-state index contributed by atoms with van der Waals surface area (Å²) in [6.07, 6.45) is 2.74. The number of hydrogen-bond acceptors (Lipinski definition) is 6. The first-order valence-corrected chi connectivity index (χ1v) is 9.81. The van der Waals surface area contributed by atoms with E-state index in [2.05, 4.69) is 5.16 Å². The normalized spacial score (nSPS) is 19.1. The molecule has 3 aromatic rings. The van der Waals surface area contributed by atoms with Crippen LogP contribution in [0.15, 0.2) is 65.5 Å². The van der Waals surface area contributed by atoms with E-state index in [9.17, 15) is 19.6 Å². The fourth-order valence-electron chi connectivity index (χ4n) is 3.81. The molecule has 8 heteroatoms. The van der Waals surface area contributed by atoms with Crippen molar-refractivity contribution in [1.29, 1.82) is 0 Å². The SMILES string of the molecule is CC(C)(C)C(=O)C1C(=O)C(=O)N(c2ccc(-c3ccon3)cc2)C1c1cccc[n+]1[O-]. The molecule has 2 atom stereocenters. The maximum atomic E-state index is 13.2. The summed E-state index contributed by atoms with van der Waals surface area (Å²) < 4.78 is 5.45. The van der Waals surface area contributed by atoms with Gasteiger partial charge in [0.1, 0.15) is 23.9 Å². The number of nitrogens with zero attached hydrogens (tertiary/aromatic N) is 3. The molecule has 0 radical (unpaired) electrons. The summed E-state index contributed by atoms with van der Waals surface area (Å²) in [5.41, 5.74) is 1.07. The summed E-state index contributed by atoms with van der Waals surface area (Å²) in [6, 6.07) is 12.2. The molecule has 0 saturated carbocycles. The van der Waals surface area contributed by atoms with Crippen LogP contribution in [0.2, 0.25) is 0 Å². The second-order valence-corrected chi connectivity index (χ2v) is 8.46. The standard InChI is InChI=1S/C23H21N3O5/c1-23(2,3)21(28)18-19(17-6-4-5-12-25(17)30)26(22(29)20(18)27)15-9-7-14(8-10-15)16-11-13-31-24-16/h4-13,18-19H,1-3H3. The molecular formula is C23H21N3O5. The molecule has 158 valence electrons. The molecule has 4 rings (SSSR count). The van der Waals surface area contributed by atoms with Crippen molar-refractivity contribution in [2.45, 2.75) is 26.8 Å². The molecule has 1 amide bonds. The number of rotatable bonds is 4. The highest BCUT2D eigenvalue weighted by Gasteiger charge is 2.56. The first kappa shape index (κ1) is 20.5. The van der Waals surface area contributed by atoms with Crippen molar-refractivity contribution in [2.75, 3.05) is 4.90 Å². The lowest BCUT2D eigenvalue weighted by molar-refractivity contribution is -0.615. The van der Waals surface area contributed by atoms with Crippen LogP contribution in [0.25, 0.3) is 11.3 Å². The van der Waals surface area contributed by atoms with Gasteiger partial charge in [-0.15, -0.1) is 0 Å². The van der Waals surface area contributed by atoms with E-state index in [4.69, 9.17) is 4.52 Å². The van der Waals surface area contributed by atoms with Gasteiger partial charge in [-0.1, -0.05) is 38.1 Å². The molecule has 0 aliphatic carbocycles. The Morgan fingerprint density at radius 1 is 1.10 bits per heavy atom. The van der Waals surface area contributed by atoms with Crippen LogP contribution in [0, 0.1) is 16.5 Å². The van der Waals surface area contributed by atoms with E-state index in [-0.39, 0.29) is 11.5 Å².